The van der Waals surface area contributed by atoms with E-state index in [0.29, 0.717) is 24.5 Å². The number of carbonyl (C=O) groups excluding carboxylic acids is 1. The maximum absolute atomic E-state index is 12.3. The Kier molecular flexibility index (Phi) is 5.71. The molecular formula is C17H32N4O. The van der Waals surface area contributed by atoms with Crippen LogP contribution >= 0.6 is 0 Å². The molecule has 0 radical (unpaired) electrons. The van der Waals surface area contributed by atoms with E-state index >= 15 is 0 Å². The molecule has 0 aromatic heterocycles. The lowest BCUT2D eigenvalue weighted by Gasteiger charge is -2.33. The molecular weight excluding hydrogens is 276 g/mol. The third-order valence-electron chi connectivity index (χ3n) is 5.74. The maximum atomic E-state index is 12.3. The summed E-state index contributed by atoms with van der Waals surface area (Å²) < 4.78 is 0. The van der Waals surface area contributed by atoms with Crippen molar-refractivity contribution < 1.29 is 4.79 Å². The number of carbonyl (C=O) groups is 1. The van der Waals surface area contributed by atoms with Gasteiger partial charge in [0.2, 0.25) is 5.91 Å². The van der Waals surface area contributed by atoms with Crippen molar-refractivity contribution in [2.75, 3.05) is 45.8 Å². The SMILES string of the molecule is CC1CCCCC1NC(=O)CN1CCC(N2CCNCC2)C1. The highest BCUT2D eigenvalue weighted by molar-refractivity contribution is 5.78. The molecule has 0 aromatic carbocycles. The van der Waals surface area contributed by atoms with Crippen LogP contribution in [0, 0.1) is 5.92 Å². The summed E-state index contributed by atoms with van der Waals surface area (Å²) >= 11 is 0. The Hall–Kier alpha value is -0.650. The second kappa shape index (κ2) is 7.75. The van der Waals surface area contributed by atoms with E-state index in [9.17, 15) is 4.79 Å². The zero-order valence-corrected chi connectivity index (χ0v) is 14.0. The maximum Gasteiger partial charge on any atom is 0.234 e. The smallest absolute Gasteiger partial charge is 0.234 e. The summed E-state index contributed by atoms with van der Waals surface area (Å²) in [6.07, 6.45) is 6.24. The van der Waals surface area contributed by atoms with E-state index in [4.69, 9.17) is 0 Å². The third-order valence-corrected chi connectivity index (χ3v) is 5.74. The standard InChI is InChI=1S/C17H32N4O/c1-14-4-2-3-5-16(14)19-17(22)13-20-9-6-15(12-20)21-10-7-18-8-11-21/h14-16,18H,2-13H2,1H3,(H,19,22). The topological polar surface area (TPSA) is 47.6 Å². The minimum absolute atomic E-state index is 0.236. The molecule has 3 fully saturated rings. The Bertz CT molecular complexity index is 370. The molecule has 22 heavy (non-hydrogen) atoms. The van der Waals surface area contributed by atoms with E-state index in [1.165, 1.54) is 25.7 Å². The summed E-state index contributed by atoms with van der Waals surface area (Å²) in [5.41, 5.74) is 0. The van der Waals surface area contributed by atoms with Crippen molar-refractivity contribution in [2.24, 2.45) is 5.92 Å². The molecule has 1 saturated carbocycles. The molecule has 126 valence electrons. The van der Waals surface area contributed by atoms with E-state index in [-0.39, 0.29) is 5.91 Å². The van der Waals surface area contributed by atoms with Gasteiger partial charge in [-0.15, -0.1) is 0 Å². The second-order valence-corrected chi connectivity index (χ2v) is 7.40. The van der Waals surface area contributed by atoms with Gasteiger partial charge in [0.1, 0.15) is 0 Å². The molecule has 0 bridgehead atoms. The molecule has 3 atom stereocenters. The van der Waals surface area contributed by atoms with Gasteiger partial charge >= 0.3 is 0 Å². The minimum Gasteiger partial charge on any atom is -0.352 e. The predicted molar refractivity (Wildman–Crippen MR) is 88.9 cm³/mol. The number of rotatable bonds is 4. The van der Waals surface area contributed by atoms with Crippen LogP contribution in [0.15, 0.2) is 0 Å². The fraction of sp³-hybridized carbons (Fsp3) is 0.941. The Morgan fingerprint density at radius 3 is 2.68 bits per heavy atom. The van der Waals surface area contributed by atoms with Crippen molar-refractivity contribution in [1.82, 2.24) is 20.4 Å². The van der Waals surface area contributed by atoms with Crippen molar-refractivity contribution in [3.63, 3.8) is 0 Å². The van der Waals surface area contributed by atoms with Gasteiger partial charge in [-0.2, -0.15) is 0 Å². The Labute approximate surface area is 134 Å². The van der Waals surface area contributed by atoms with E-state index in [1.54, 1.807) is 0 Å². The van der Waals surface area contributed by atoms with Crippen molar-refractivity contribution in [3.05, 3.63) is 0 Å². The first-order valence-electron chi connectivity index (χ1n) is 9.19. The van der Waals surface area contributed by atoms with Gasteiger partial charge in [-0.1, -0.05) is 19.8 Å². The van der Waals surface area contributed by atoms with Gasteiger partial charge in [0.25, 0.3) is 0 Å². The zero-order valence-electron chi connectivity index (χ0n) is 14.0. The van der Waals surface area contributed by atoms with E-state index in [0.717, 1.165) is 45.7 Å². The summed E-state index contributed by atoms with van der Waals surface area (Å²) in [6.45, 7) is 9.53. The summed E-state index contributed by atoms with van der Waals surface area (Å²) in [7, 11) is 0. The first-order valence-corrected chi connectivity index (χ1v) is 9.19. The van der Waals surface area contributed by atoms with Crippen LogP contribution < -0.4 is 10.6 Å². The van der Waals surface area contributed by atoms with Gasteiger partial charge in [0, 0.05) is 51.4 Å². The normalized spacial score (nSPS) is 34.7. The van der Waals surface area contributed by atoms with Crippen LogP contribution in [0.3, 0.4) is 0 Å². The monoisotopic (exact) mass is 308 g/mol. The van der Waals surface area contributed by atoms with Crippen LogP contribution in [0.2, 0.25) is 0 Å². The van der Waals surface area contributed by atoms with Crippen LogP contribution in [-0.4, -0.2) is 73.6 Å². The number of nitrogens with one attached hydrogen (secondary N) is 2. The average molecular weight is 308 g/mol. The lowest BCUT2D eigenvalue weighted by atomic mass is 9.86. The number of hydrogen-bond donors (Lipinski definition) is 2. The summed E-state index contributed by atoms with van der Waals surface area (Å²) in [5, 5.41) is 6.70. The predicted octanol–water partition coefficient (Wildman–Crippen LogP) is 0.661. The molecule has 2 aliphatic heterocycles. The quantitative estimate of drug-likeness (QED) is 0.801. The van der Waals surface area contributed by atoms with Crippen LogP contribution in [-0.2, 0) is 4.79 Å². The molecule has 5 heteroatoms. The Balaban J connectivity index is 1.40. The van der Waals surface area contributed by atoms with Gasteiger partial charge in [0.05, 0.1) is 6.54 Å². The van der Waals surface area contributed by atoms with Gasteiger partial charge in [-0.05, 0) is 25.2 Å². The van der Waals surface area contributed by atoms with Gasteiger partial charge in [0.15, 0.2) is 0 Å². The van der Waals surface area contributed by atoms with E-state index in [2.05, 4.69) is 27.4 Å². The first-order chi connectivity index (χ1) is 10.7. The fourth-order valence-corrected chi connectivity index (χ4v) is 4.29. The number of amides is 1. The third kappa shape index (κ3) is 4.21. The van der Waals surface area contributed by atoms with Crippen LogP contribution in [0.1, 0.15) is 39.0 Å². The summed E-state index contributed by atoms with van der Waals surface area (Å²) in [6, 6.07) is 1.07. The second-order valence-electron chi connectivity index (χ2n) is 7.40. The van der Waals surface area contributed by atoms with Crippen LogP contribution in [0.4, 0.5) is 0 Å². The number of piperazine rings is 1. The summed E-state index contributed by atoms with van der Waals surface area (Å²) in [4.78, 5) is 17.3. The van der Waals surface area contributed by atoms with Crippen molar-refractivity contribution in [1.29, 1.82) is 0 Å². The van der Waals surface area contributed by atoms with Crippen molar-refractivity contribution in [2.45, 2.75) is 51.1 Å². The zero-order chi connectivity index (χ0) is 15.4. The van der Waals surface area contributed by atoms with Crippen LogP contribution in [0.5, 0.6) is 0 Å². The van der Waals surface area contributed by atoms with E-state index in [1.807, 2.05) is 0 Å². The molecule has 2 heterocycles. The fourth-order valence-electron chi connectivity index (χ4n) is 4.29. The van der Waals surface area contributed by atoms with Crippen LogP contribution in [0.25, 0.3) is 0 Å². The molecule has 3 rings (SSSR count). The van der Waals surface area contributed by atoms with Gasteiger partial charge < -0.3 is 10.6 Å². The molecule has 5 nitrogen and oxygen atoms in total. The highest BCUT2D eigenvalue weighted by atomic mass is 16.2. The van der Waals surface area contributed by atoms with Gasteiger partial charge in [-0.3, -0.25) is 14.6 Å². The molecule has 3 unspecified atom stereocenters. The number of nitrogens with zero attached hydrogens (tertiary/aromatic N) is 2. The van der Waals surface area contributed by atoms with Gasteiger partial charge in [-0.25, -0.2) is 0 Å². The highest BCUT2D eigenvalue weighted by Gasteiger charge is 2.30. The minimum atomic E-state index is 0.236. The lowest BCUT2D eigenvalue weighted by molar-refractivity contribution is -0.123. The molecule has 0 aromatic rings. The van der Waals surface area contributed by atoms with Crippen molar-refractivity contribution >= 4 is 5.91 Å². The molecule has 2 N–H and O–H groups in total. The number of hydrogen-bond acceptors (Lipinski definition) is 4. The number of likely N-dealkylation sites (tertiary alicyclic amines) is 1. The average Bonchev–Trinajstić information content (AvgIpc) is 2.99. The lowest BCUT2D eigenvalue weighted by Crippen LogP contribution is -2.50. The van der Waals surface area contributed by atoms with E-state index < -0.39 is 0 Å². The highest BCUT2D eigenvalue weighted by Crippen LogP contribution is 2.23. The molecule has 3 aliphatic rings. The largest absolute Gasteiger partial charge is 0.352 e. The molecule has 0 spiro atoms. The Morgan fingerprint density at radius 2 is 1.91 bits per heavy atom. The van der Waals surface area contributed by atoms with Crippen molar-refractivity contribution in [3.8, 4) is 0 Å². The first kappa shape index (κ1) is 16.2. The Morgan fingerprint density at radius 1 is 1.14 bits per heavy atom. The molecule has 2 saturated heterocycles. The molecule has 1 amide bonds. The molecule has 1 aliphatic carbocycles. The summed E-state index contributed by atoms with van der Waals surface area (Å²) in [5.74, 6) is 0.879.